The van der Waals surface area contributed by atoms with E-state index in [-0.39, 0.29) is 11.9 Å². The molecule has 3 nitrogen and oxygen atoms in total. The van der Waals surface area contributed by atoms with Crippen molar-refractivity contribution in [2.75, 3.05) is 0 Å². The first kappa shape index (κ1) is 14.8. The number of thiazole rings is 1. The van der Waals surface area contributed by atoms with Crippen LogP contribution in [0.15, 0.2) is 35.7 Å². The summed E-state index contributed by atoms with van der Waals surface area (Å²) >= 11 is 7.38. The molecule has 0 aliphatic heterocycles. The summed E-state index contributed by atoms with van der Waals surface area (Å²) < 4.78 is 0. The second kappa shape index (κ2) is 6.68. The molecule has 0 saturated carbocycles. The molecule has 1 aromatic carbocycles. The Morgan fingerprint density at radius 2 is 2.10 bits per heavy atom. The molecule has 0 bridgehead atoms. The van der Waals surface area contributed by atoms with E-state index in [1.54, 1.807) is 29.5 Å². The summed E-state index contributed by atoms with van der Waals surface area (Å²) in [6.07, 6.45) is 3.27. The molecule has 20 heavy (non-hydrogen) atoms. The van der Waals surface area contributed by atoms with E-state index in [4.69, 9.17) is 11.6 Å². The maximum atomic E-state index is 11.8. The molecule has 0 radical (unpaired) electrons. The van der Waals surface area contributed by atoms with Crippen molar-refractivity contribution in [3.63, 3.8) is 0 Å². The van der Waals surface area contributed by atoms with Crippen molar-refractivity contribution < 1.29 is 4.79 Å². The summed E-state index contributed by atoms with van der Waals surface area (Å²) in [5.41, 5.74) is 1.82. The standard InChI is InChI=1S/C15H15ClN2OS/c1-10(14-9-20-11(2)18-14)17-15(19)8-5-12-3-6-13(16)7-4-12/h3-10H,1-2H3,(H,17,19)/b8-5+. The smallest absolute Gasteiger partial charge is 0.244 e. The summed E-state index contributed by atoms with van der Waals surface area (Å²) in [7, 11) is 0. The van der Waals surface area contributed by atoms with Gasteiger partial charge in [-0.25, -0.2) is 4.98 Å². The molecule has 1 atom stereocenters. The maximum absolute atomic E-state index is 11.8. The van der Waals surface area contributed by atoms with Crippen LogP contribution in [-0.2, 0) is 4.79 Å². The lowest BCUT2D eigenvalue weighted by atomic mass is 10.2. The van der Waals surface area contributed by atoms with Crippen LogP contribution in [0.25, 0.3) is 6.08 Å². The highest BCUT2D eigenvalue weighted by atomic mass is 35.5. The minimum Gasteiger partial charge on any atom is -0.344 e. The van der Waals surface area contributed by atoms with E-state index in [0.29, 0.717) is 5.02 Å². The van der Waals surface area contributed by atoms with Gasteiger partial charge in [-0.15, -0.1) is 11.3 Å². The lowest BCUT2D eigenvalue weighted by molar-refractivity contribution is -0.117. The zero-order valence-electron chi connectivity index (χ0n) is 11.3. The van der Waals surface area contributed by atoms with Gasteiger partial charge in [-0.1, -0.05) is 23.7 Å². The molecule has 2 aromatic rings. The Morgan fingerprint density at radius 1 is 1.40 bits per heavy atom. The predicted molar refractivity (Wildman–Crippen MR) is 83.9 cm³/mol. The number of amides is 1. The molecule has 0 aliphatic carbocycles. The first-order valence-electron chi connectivity index (χ1n) is 6.21. The summed E-state index contributed by atoms with van der Waals surface area (Å²) in [5, 5.41) is 6.52. The third-order valence-corrected chi connectivity index (χ3v) is 3.78. The van der Waals surface area contributed by atoms with Crippen molar-refractivity contribution in [3.05, 3.63) is 57.0 Å². The van der Waals surface area contributed by atoms with E-state index in [1.807, 2.05) is 31.4 Å². The van der Waals surface area contributed by atoms with Crippen LogP contribution in [0.1, 0.15) is 29.2 Å². The Labute approximate surface area is 127 Å². The predicted octanol–water partition coefficient (Wildman–Crippen LogP) is 4.00. The lowest BCUT2D eigenvalue weighted by Gasteiger charge is -2.09. The summed E-state index contributed by atoms with van der Waals surface area (Å²) in [4.78, 5) is 16.2. The summed E-state index contributed by atoms with van der Waals surface area (Å²) in [5.74, 6) is -0.141. The molecule has 1 aromatic heterocycles. The van der Waals surface area contributed by atoms with Gasteiger partial charge in [-0.05, 0) is 37.6 Å². The van der Waals surface area contributed by atoms with E-state index in [9.17, 15) is 4.79 Å². The van der Waals surface area contributed by atoms with Crippen LogP contribution < -0.4 is 5.32 Å². The lowest BCUT2D eigenvalue weighted by Crippen LogP contribution is -2.24. The fourth-order valence-corrected chi connectivity index (χ4v) is 2.49. The Kier molecular flexibility index (Phi) is 4.93. The summed E-state index contributed by atoms with van der Waals surface area (Å²) in [6.45, 7) is 3.87. The Balaban J connectivity index is 1.93. The molecule has 1 amide bonds. The minimum atomic E-state index is -0.141. The first-order valence-corrected chi connectivity index (χ1v) is 7.46. The van der Waals surface area contributed by atoms with Gasteiger partial charge in [0.05, 0.1) is 16.7 Å². The van der Waals surface area contributed by atoms with Gasteiger partial charge in [0.2, 0.25) is 5.91 Å². The quantitative estimate of drug-likeness (QED) is 0.868. The summed E-state index contributed by atoms with van der Waals surface area (Å²) in [6, 6.07) is 7.21. The van der Waals surface area contributed by atoms with E-state index >= 15 is 0 Å². The fourth-order valence-electron chi connectivity index (χ4n) is 1.66. The molecule has 0 spiro atoms. The van der Waals surface area contributed by atoms with Crippen LogP contribution in [0, 0.1) is 6.92 Å². The van der Waals surface area contributed by atoms with Gasteiger partial charge in [0, 0.05) is 16.5 Å². The Bertz CT molecular complexity index is 619. The van der Waals surface area contributed by atoms with Gasteiger partial charge in [-0.2, -0.15) is 0 Å². The molecule has 1 heterocycles. The molecule has 104 valence electrons. The van der Waals surface area contributed by atoms with Crippen LogP contribution in [0.3, 0.4) is 0 Å². The number of aromatic nitrogens is 1. The third-order valence-electron chi connectivity index (χ3n) is 2.74. The minimum absolute atomic E-state index is 0.0951. The molecular formula is C15H15ClN2OS. The number of rotatable bonds is 4. The number of nitrogens with one attached hydrogen (secondary N) is 1. The van der Waals surface area contributed by atoms with Crippen molar-refractivity contribution in [2.24, 2.45) is 0 Å². The molecule has 5 heteroatoms. The van der Waals surface area contributed by atoms with Crippen LogP contribution in [0.2, 0.25) is 5.02 Å². The second-order valence-electron chi connectivity index (χ2n) is 4.41. The van der Waals surface area contributed by atoms with Gasteiger partial charge in [-0.3, -0.25) is 4.79 Å². The molecule has 1 unspecified atom stereocenters. The zero-order valence-corrected chi connectivity index (χ0v) is 12.8. The second-order valence-corrected chi connectivity index (χ2v) is 5.91. The van der Waals surface area contributed by atoms with Crippen molar-refractivity contribution in [3.8, 4) is 0 Å². The topological polar surface area (TPSA) is 42.0 Å². The fraction of sp³-hybridized carbons (Fsp3) is 0.200. The van der Waals surface area contributed by atoms with E-state index in [1.165, 1.54) is 6.08 Å². The highest BCUT2D eigenvalue weighted by Crippen LogP contribution is 2.15. The van der Waals surface area contributed by atoms with Gasteiger partial charge in [0.1, 0.15) is 0 Å². The first-order chi connectivity index (χ1) is 9.54. The van der Waals surface area contributed by atoms with Crippen LogP contribution in [-0.4, -0.2) is 10.9 Å². The average Bonchev–Trinajstić information content (AvgIpc) is 2.85. The number of hydrogen-bond donors (Lipinski definition) is 1. The number of halogens is 1. The van der Waals surface area contributed by atoms with Crippen molar-refractivity contribution in [2.45, 2.75) is 19.9 Å². The largest absolute Gasteiger partial charge is 0.344 e. The number of hydrogen-bond acceptors (Lipinski definition) is 3. The third kappa shape index (κ3) is 4.18. The number of carbonyl (C=O) groups is 1. The van der Waals surface area contributed by atoms with Gasteiger partial charge >= 0.3 is 0 Å². The van der Waals surface area contributed by atoms with Gasteiger partial charge < -0.3 is 5.32 Å². The SMILES string of the molecule is Cc1nc(C(C)NC(=O)/C=C/c2ccc(Cl)cc2)cs1. The zero-order chi connectivity index (χ0) is 14.5. The van der Waals surface area contributed by atoms with Crippen molar-refractivity contribution in [1.82, 2.24) is 10.3 Å². The number of benzene rings is 1. The normalized spacial score (nSPS) is 12.6. The van der Waals surface area contributed by atoms with Crippen molar-refractivity contribution >= 4 is 34.9 Å². The monoisotopic (exact) mass is 306 g/mol. The van der Waals surface area contributed by atoms with Crippen molar-refractivity contribution in [1.29, 1.82) is 0 Å². The molecular weight excluding hydrogens is 292 g/mol. The number of carbonyl (C=O) groups excluding carboxylic acids is 1. The molecule has 0 fully saturated rings. The van der Waals surface area contributed by atoms with E-state index in [2.05, 4.69) is 10.3 Å². The highest BCUT2D eigenvalue weighted by Gasteiger charge is 2.10. The molecule has 0 aliphatic rings. The van der Waals surface area contributed by atoms with Crippen LogP contribution in [0.4, 0.5) is 0 Å². The molecule has 1 N–H and O–H groups in total. The molecule has 2 rings (SSSR count). The van der Waals surface area contributed by atoms with E-state index in [0.717, 1.165) is 16.3 Å². The maximum Gasteiger partial charge on any atom is 0.244 e. The van der Waals surface area contributed by atoms with E-state index < -0.39 is 0 Å². The number of nitrogens with zero attached hydrogens (tertiary/aromatic N) is 1. The van der Waals surface area contributed by atoms with Gasteiger partial charge in [0.25, 0.3) is 0 Å². The highest BCUT2D eigenvalue weighted by molar-refractivity contribution is 7.09. The van der Waals surface area contributed by atoms with Crippen LogP contribution >= 0.6 is 22.9 Å². The average molecular weight is 307 g/mol. The Hall–Kier alpha value is -1.65. The number of aryl methyl sites for hydroxylation is 1. The van der Waals surface area contributed by atoms with Gasteiger partial charge in [0.15, 0.2) is 0 Å². The Morgan fingerprint density at radius 3 is 2.70 bits per heavy atom. The molecule has 0 saturated heterocycles. The van der Waals surface area contributed by atoms with Crippen LogP contribution in [0.5, 0.6) is 0 Å².